The predicted octanol–water partition coefficient (Wildman–Crippen LogP) is 1.81. The van der Waals surface area contributed by atoms with Crippen molar-refractivity contribution in [1.82, 2.24) is 0 Å². The summed E-state index contributed by atoms with van der Waals surface area (Å²) in [6.45, 7) is 2.63. The third-order valence-electron chi connectivity index (χ3n) is 3.66. The topological polar surface area (TPSA) is 55.8 Å². The zero-order valence-electron chi connectivity index (χ0n) is 10.9. The Morgan fingerprint density at radius 2 is 2.33 bits per heavy atom. The molecule has 0 amide bonds. The summed E-state index contributed by atoms with van der Waals surface area (Å²) in [5, 5.41) is 9.79. The van der Waals surface area contributed by atoms with E-state index in [-0.39, 0.29) is 24.1 Å². The molecule has 2 fully saturated rings. The Balaban J connectivity index is 1.77. The van der Waals surface area contributed by atoms with Crippen LogP contribution in [0.25, 0.3) is 0 Å². The third kappa shape index (κ3) is 3.33. The van der Waals surface area contributed by atoms with E-state index in [4.69, 9.17) is 9.47 Å². The summed E-state index contributed by atoms with van der Waals surface area (Å²) in [6, 6.07) is 0. The summed E-state index contributed by atoms with van der Waals surface area (Å²) in [5.41, 5.74) is 0. The number of rotatable bonds is 6. The molecule has 0 radical (unpaired) electrons. The number of esters is 1. The highest BCUT2D eigenvalue weighted by molar-refractivity contribution is 5.72. The molecule has 4 atom stereocenters. The van der Waals surface area contributed by atoms with Crippen LogP contribution in [-0.2, 0) is 14.3 Å². The van der Waals surface area contributed by atoms with Crippen molar-refractivity contribution in [2.24, 2.45) is 5.92 Å². The highest BCUT2D eigenvalue weighted by atomic mass is 16.6. The van der Waals surface area contributed by atoms with Crippen LogP contribution in [0.15, 0.2) is 12.2 Å². The molecule has 0 aromatic carbocycles. The van der Waals surface area contributed by atoms with Crippen LogP contribution in [0, 0.1) is 5.92 Å². The molecule has 2 heterocycles. The number of carbonyl (C=O) groups excluding carboxylic acids is 1. The second-order valence-corrected chi connectivity index (χ2v) is 5.14. The van der Waals surface area contributed by atoms with Gasteiger partial charge in [0.05, 0.1) is 25.2 Å². The molecule has 2 aliphatic heterocycles. The van der Waals surface area contributed by atoms with Crippen molar-refractivity contribution in [1.29, 1.82) is 0 Å². The minimum Gasteiger partial charge on any atom is -0.459 e. The lowest BCUT2D eigenvalue weighted by Gasteiger charge is -2.11. The van der Waals surface area contributed by atoms with Gasteiger partial charge in [-0.05, 0) is 6.42 Å². The molecule has 4 unspecified atom stereocenters. The SMILES string of the molecule is CCCCCC(O)C=CC1OCC2OC(=O)CC12. The number of hydrogen-bond acceptors (Lipinski definition) is 4. The predicted molar refractivity (Wildman–Crippen MR) is 67.0 cm³/mol. The standard InChI is InChI=1S/C14H22O4/c1-2-3-4-5-10(15)6-7-12-11-8-14(16)18-13(11)9-17-12/h6-7,10-13,15H,2-5,8-9H2,1H3. The lowest BCUT2D eigenvalue weighted by molar-refractivity contribution is -0.142. The highest BCUT2D eigenvalue weighted by Gasteiger charge is 2.44. The van der Waals surface area contributed by atoms with E-state index in [0.29, 0.717) is 13.0 Å². The second kappa shape index (κ2) is 6.34. The van der Waals surface area contributed by atoms with E-state index in [0.717, 1.165) is 25.7 Å². The van der Waals surface area contributed by atoms with E-state index in [1.165, 1.54) is 0 Å². The Kier molecular flexibility index (Phi) is 4.78. The van der Waals surface area contributed by atoms with Gasteiger partial charge >= 0.3 is 5.97 Å². The van der Waals surface area contributed by atoms with E-state index in [1.807, 2.05) is 6.08 Å². The van der Waals surface area contributed by atoms with Crippen LogP contribution in [0.5, 0.6) is 0 Å². The summed E-state index contributed by atoms with van der Waals surface area (Å²) in [7, 11) is 0. The number of aliphatic hydroxyl groups is 1. The largest absolute Gasteiger partial charge is 0.459 e. The molecule has 4 nitrogen and oxygen atoms in total. The van der Waals surface area contributed by atoms with Crippen LogP contribution < -0.4 is 0 Å². The van der Waals surface area contributed by atoms with Gasteiger partial charge in [0.2, 0.25) is 0 Å². The lowest BCUT2D eigenvalue weighted by Crippen LogP contribution is -2.18. The number of ether oxygens (including phenoxy) is 2. The third-order valence-corrected chi connectivity index (χ3v) is 3.66. The van der Waals surface area contributed by atoms with Gasteiger partial charge in [-0.15, -0.1) is 0 Å². The zero-order chi connectivity index (χ0) is 13.0. The Labute approximate surface area is 108 Å². The fourth-order valence-electron chi connectivity index (χ4n) is 2.58. The lowest BCUT2D eigenvalue weighted by atomic mass is 9.97. The normalized spacial score (nSPS) is 32.8. The van der Waals surface area contributed by atoms with Gasteiger partial charge in [0.25, 0.3) is 0 Å². The zero-order valence-corrected chi connectivity index (χ0v) is 10.9. The fourth-order valence-corrected chi connectivity index (χ4v) is 2.58. The molecule has 1 N–H and O–H groups in total. The Morgan fingerprint density at radius 1 is 1.50 bits per heavy atom. The summed E-state index contributed by atoms with van der Waals surface area (Å²) < 4.78 is 10.7. The summed E-state index contributed by atoms with van der Waals surface area (Å²) >= 11 is 0. The van der Waals surface area contributed by atoms with E-state index < -0.39 is 6.10 Å². The van der Waals surface area contributed by atoms with Crippen molar-refractivity contribution in [2.45, 2.75) is 57.3 Å². The molecule has 0 aromatic heterocycles. The molecular formula is C14H22O4. The average molecular weight is 254 g/mol. The highest BCUT2D eigenvalue weighted by Crippen LogP contribution is 2.33. The van der Waals surface area contributed by atoms with Crippen molar-refractivity contribution >= 4 is 5.97 Å². The molecule has 0 saturated carbocycles. The molecule has 102 valence electrons. The molecule has 4 heteroatoms. The van der Waals surface area contributed by atoms with E-state index in [2.05, 4.69) is 6.92 Å². The summed E-state index contributed by atoms with van der Waals surface area (Å²) in [5.74, 6) is 0.00628. The maximum Gasteiger partial charge on any atom is 0.306 e. The van der Waals surface area contributed by atoms with Crippen LogP contribution >= 0.6 is 0 Å². The van der Waals surface area contributed by atoms with Gasteiger partial charge in [-0.1, -0.05) is 38.3 Å². The molecule has 18 heavy (non-hydrogen) atoms. The Hall–Kier alpha value is -0.870. The first kappa shape index (κ1) is 13.6. The van der Waals surface area contributed by atoms with Crippen molar-refractivity contribution < 1.29 is 19.4 Å². The first-order chi connectivity index (χ1) is 8.70. The fraction of sp³-hybridized carbons (Fsp3) is 0.786. The van der Waals surface area contributed by atoms with Crippen LogP contribution in [0.2, 0.25) is 0 Å². The molecule has 0 aliphatic carbocycles. The summed E-state index contributed by atoms with van der Waals surface area (Å²) in [4.78, 5) is 11.2. The van der Waals surface area contributed by atoms with E-state index in [1.54, 1.807) is 6.08 Å². The van der Waals surface area contributed by atoms with Gasteiger partial charge in [0, 0.05) is 5.92 Å². The second-order valence-electron chi connectivity index (χ2n) is 5.14. The first-order valence-electron chi connectivity index (χ1n) is 6.88. The smallest absolute Gasteiger partial charge is 0.306 e. The van der Waals surface area contributed by atoms with Crippen molar-refractivity contribution in [3.05, 3.63) is 12.2 Å². The molecular weight excluding hydrogens is 232 g/mol. The van der Waals surface area contributed by atoms with Crippen LogP contribution in [0.1, 0.15) is 39.0 Å². The van der Waals surface area contributed by atoms with E-state index >= 15 is 0 Å². The van der Waals surface area contributed by atoms with Gasteiger partial charge in [0.15, 0.2) is 0 Å². The number of unbranched alkanes of at least 4 members (excludes halogenated alkanes) is 2. The summed E-state index contributed by atoms with van der Waals surface area (Å²) in [6.07, 6.45) is 7.70. The van der Waals surface area contributed by atoms with Gasteiger partial charge in [-0.3, -0.25) is 4.79 Å². The number of hydrogen-bond donors (Lipinski definition) is 1. The first-order valence-corrected chi connectivity index (χ1v) is 6.88. The number of carbonyl (C=O) groups is 1. The van der Waals surface area contributed by atoms with Gasteiger partial charge in [-0.25, -0.2) is 0 Å². The molecule has 2 rings (SSSR count). The van der Waals surface area contributed by atoms with Crippen LogP contribution in [-0.4, -0.2) is 36.0 Å². The van der Waals surface area contributed by atoms with Gasteiger partial charge < -0.3 is 14.6 Å². The van der Waals surface area contributed by atoms with Gasteiger partial charge in [-0.2, -0.15) is 0 Å². The minimum atomic E-state index is -0.405. The maximum atomic E-state index is 11.2. The minimum absolute atomic E-state index is 0.0793. The molecule has 2 saturated heterocycles. The quantitative estimate of drug-likeness (QED) is 0.446. The van der Waals surface area contributed by atoms with Crippen LogP contribution in [0.4, 0.5) is 0 Å². The molecule has 0 aromatic rings. The van der Waals surface area contributed by atoms with Crippen LogP contribution in [0.3, 0.4) is 0 Å². The maximum absolute atomic E-state index is 11.2. The van der Waals surface area contributed by atoms with Crippen molar-refractivity contribution in [2.75, 3.05) is 6.61 Å². The Morgan fingerprint density at radius 3 is 3.11 bits per heavy atom. The number of aliphatic hydroxyl groups excluding tert-OH is 1. The van der Waals surface area contributed by atoms with Gasteiger partial charge in [0.1, 0.15) is 6.10 Å². The van der Waals surface area contributed by atoms with Crippen molar-refractivity contribution in [3.8, 4) is 0 Å². The molecule has 0 bridgehead atoms. The average Bonchev–Trinajstić information content (AvgIpc) is 2.86. The van der Waals surface area contributed by atoms with Crippen molar-refractivity contribution in [3.63, 3.8) is 0 Å². The molecule has 0 spiro atoms. The monoisotopic (exact) mass is 254 g/mol. The molecule has 2 aliphatic rings. The number of fused-ring (bicyclic) bond motifs is 1. The van der Waals surface area contributed by atoms with E-state index in [9.17, 15) is 9.90 Å². The Bertz CT molecular complexity index is 313.